The summed E-state index contributed by atoms with van der Waals surface area (Å²) in [6.45, 7) is 3.79. The van der Waals surface area contributed by atoms with E-state index < -0.39 is 0 Å². The van der Waals surface area contributed by atoms with E-state index in [4.69, 9.17) is 4.42 Å². The topological polar surface area (TPSA) is 78.7 Å². The Morgan fingerprint density at radius 2 is 1.70 bits per heavy atom. The quantitative estimate of drug-likeness (QED) is 0.396. The number of carbonyl (C=O) groups excluding carboxylic acids is 1. The molecule has 2 aromatic carbocycles. The number of amides is 1. The Kier molecular flexibility index (Phi) is 7.66. The van der Waals surface area contributed by atoms with Crippen LogP contribution in [0, 0.1) is 0 Å². The normalized spacial score (nSPS) is 11.2. The SMILES string of the molecule is CCc1ccccc1CNC(=NC)NCc1cccc(C(=O)NCc2ccco2)c1. The van der Waals surface area contributed by atoms with Gasteiger partial charge in [-0.25, -0.2) is 0 Å². The number of carbonyl (C=O) groups is 1. The highest BCUT2D eigenvalue weighted by atomic mass is 16.3. The lowest BCUT2D eigenvalue weighted by Gasteiger charge is -2.14. The maximum atomic E-state index is 12.4. The van der Waals surface area contributed by atoms with Gasteiger partial charge in [0, 0.05) is 25.7 Å². The van der Waals surface area contributed by atoms with Crippen molar-refractivity contribution in [1.29, 1.82) is 0 Å². The Bertz CT molecular complexity index is 980. The molecule has 0 fully saturated rings. The molecule has 156 valence electrons. The molecule has 3 N–H and O–H groups in total. The fourth-order valence-electron chi connectivity index (χ4n) is 3.17. The average Bonchev–Trinajstić information content (AvgIpc) is 3.31. The van der Waals surface area contributed by atoms with Crippen LogP contribution in [0.15, 0.2) is 76.3 Å². The van der Waals surface area contributed by atoms with Crippen LogP contribution in [-0.4, -0.2) is 18.9 Å². The summed E-state index contributed by atoms with van der Waals surface area (Å²) in [6, 6.07) is 19.6. The van der Waals surface area contributed by atoms with E-state index in [1.807, 2.05) is 24.3 Å². The number of guanidine groups is 1. The number of furan rings is 1. The molecule has 0 saturated heterocycles. The van der Waals surface area contributed by atoms with Gasteiger partial charge in [0.25, 0.3) is 5.91 Å². The van der Waals surface area contributed by atoms with Crippen LogP contribution in [0.1, 0.15) is 39.7 Å². The number of benzene rings is 2. The molecule has 1 aromatic heterocycles. The molecule has 6 heteroatoms. The van der Waals surface area contributed by atoms with E-state index in [1.54, 1.807) is 25.4 Å². The molecule has 0 radical (unpaired) electrons. The van der Waals surface area contributed by atoms with Gasteiger partial charge in [-0.2, -0.15) is 0 Å². The second kappa shape index (κ2) is 10.9. The molecular weight excluding hydrogens is 376 g/mol. The monoisotopic (exact) mass is 404 g/mol. The van der Waals surface area contributed by atoms with Crippen molar-refractivity contribution in [2.45, 2.75) is 33.0 Å². The van der Waals surface area contributed by atoms with Crippen molar-refractivity contribution < 1.29 is 9.21 Å². The molecule has 3 rings (SSSR count). The zero-order valence-corrected chi connectivity index (χ0v) is 17.4. The summed E-state index contributed by atoms with van der Waals surface area (Å²) in [7, 11) is 1.75. The number of nitrogens with one attached hydrogen (secondary N) is 3. The number of aliphatic imine (C=N–C) groups is 1. The van der Waals surface area contributed by atoms with Gasteiger partial charge in [0.2, 0.25) is 0 Å². The Hall–Kier alpha value is -3.54. The van der Waals surface area contributed by atoms with Crippen LogP contribution in [-0.2, 0) is 26.1 Å². The fraction of sp³-hybridized carbons (Fsp3) is 0.250. The highest BCUT2D eigenvalue weighted by Crippen LogP contribution is 2.09. The van der Waals surface area contributed by atoms with E-state index in [2.05, 4.69) is 52.1 Å². The van der Waals surface area contributed by atoms with Crippen molar-refractivity contribution in [3.8, 4) is 0 Å². The third-order valence-electron chi connectivity index (χ3n) is 4.82. The first-order valence-electron chi connectivity index (χ1n) is 10.1. The molecule has 6 nitrogen and oxygen atoms in total. The van der Waals surface area contributed by atoms with E-state index >= 15 is 0 Å². The van der Waals surface area contributed by atoms with Crippen molar-refractivity contribution in [1.82, 2.24) is 16.0 Å². The number of hydrogen-bond acceptors (Lipinski definition) is 3. The van der Waals surface area contributed by atoms with Crippen LogP contribution in [0.5, 0.6) is 0 Å². The van der Waals surface area contributed by atoms with E-state index in [1.165, 1.54) is 11.1 Å². The lowest BCUT2D eigenvalue weighted by Crippen LogP contribution is -2.36. The standard InChI is InChI=1S/C24H28N4O2/c1-3-19-9-4-5-10-21(19)16-28-24(25-2)27-15-18-8-6-11-20(14-18)23(29)26-17-22-12-7-13-30-22/h4-14H,3,15-17H2,1-2H3,(H,26,29)(H2,25,27,28). The molecule has 0 bridgehead atoms. The van der Waals surface area contributed by atoms with Gasteiger partial charge in [0.05, 0.1) is 12.8 Å². The maximum Gasteiger partial charge on any atom is 0.251 e. The molecule has 0 aliphatic heterocycles. The first-order valence-corrected chi connectivity index (χ1v) is 10.1. The van der Waals surface area contributed by atoms with Crippen LogP contribution in [0.2, 0.25) is 0 Å². The zero-order valence-electron chi connectivity index (χ0n) is 17.4. The minimum atomic E-state index is -0.132. The first-order chi connectivity index (χ1) is 14.7. The predicted octanol–water partition coefficient (Wildman–Crippen LogP) is 3.64. The number of nitrogens with zero attached hydrogens (tertiary/aromatic N) is 1. The van der Waals surface area contributed by atoms with Gasteiger partial charge in [0.15, 0.2) is 5.96 Å². The number of aryl methyl sites for hydroxylation is 1. The molecule has 0 spiro atoms. The Morgan fingerprint density at radius 3 is 2.43 bits per heavy atom. The zero-order chi connectivity index (χ0) is 21.2. The summed E-state index contributed by atoms with van der Waals surface area (Å²) in [6.07, 6.45) is 2.59. The van der Waals surface area contributed by atoms with Crippen LogP contribution < -0.4 is 16.0 Å². The van der Waals surface area contributed by atoms with Crippen LogP contribution in [0.4, 0.5) is 0 Å². The summed E-state index contributed by atoms with van der Waals surface area (Å²) >= 11 is 0. The van der Waals surface area contributed by atoms with E-state index in [-0.39, 0.29) is 5.91 Å². The van der Waals surface area contributed by atoms with Crippen LogP contribution in [0.3, 0.4) is 0 Å². The van der Waals surface area contributed by atoms with Gasteiger partial charge < -0.3 is 20.4 Å². The Morgan fingerprint density at radius 1 is 0.900 bits per heavy atom. The molecule has 0 saturated carbocycles. The Balaban J connectivity index is 1.52. The molecule has 0 aliphatic rings. The van der Waals surface area contributed by atoms with Gasteiger partial charge >= 0.3 is 0 Å². The average molecular weight is 405 g/mol. The summed E-state index contributed by atoms with van der Waals surface area (Å²) in [4.78, 5) is 16.7. The molecular formula is C24H28N4O2. The minimum Gasteiger partial charge on any atom is -0.467 e. The predicted molar refractivity (Wildman–Crippen MR) is 119 cm³/mol. The van der Waals surface area contributed by atoms with Crippen molar-refractivity contribution in [3.63, 3.8) is 0 Å². The number of rotatable bonds is 8. The van der Waals surface area contributed by atoms with Gasteiger partial charge in [0.1, 0.15) is 5.76 Å². The smallest absolute Gasteiger partial charge is 0.251 e. The van der Waals surface area contributed by atoms with Crippen molar-refractivity contribution in [3.05, 3.63) is 94.9 Å². The molecule has 30 heavy (non-hydrogen) atoms. The molecule has 1 amide bonds. The van der Waals surface area contributed by atoms with Gasteiger partial charge in [-0.3, -0.25) is 9.79 Å². The Labute approximate surface area is 177 Å². The summed E-state index contributed by atoms with van der Waals surface area (Å²) in [5, 5.41) is 9.52. The second-order valence-electron chi connectivity index (χ2n) is 6.86. The maximum absolute atomic E-state index is 12.4. The van der Waals surface area contributed by atoms with Gasteiger partial charge in [-0.1, -0.05) is 43.3 Å². The minimum absolute atomic E-state index is 0.132. The van der Waals surface area contributed by atoms with Crippen molar-refractivity contribution in [2.24, 2.45) is 4.99 Å². The third kappa shape index (κ3) is 5.98. The third-order valence-corrected chi connectivity index (χ3v) is 4.82. The molecule has 0 atom stereocenters. The lowest BCUT2D eigenvalue weighted by molar-refractivity contribution is 0.0948. The summed E-state index contributed by atoms with van der Waals surface area (Å²) in [5.41, 5.74) is 4.20. The lowest BCUT2D eigenvalue weighted by atomic mass is 10.1. The highest BCUT2D eigenvalue weighted by Gasteiger charge is 2.08. The largest absolute Gasteiger partial charge is 0.467 e. The van der Waals surface area contributed by atoms with Crippen molar-refractivity contribution >= 4 is 11.9 Å². The van der Waals surface area contributed by atoms with Gasteiger partial charge in [-0.15, -0.1) is 0 Å². The first kappa shape index (κ1) is 21.2. The number of hydrogen-bond donors (Lipinski definition) is 3. The molecule has 3 aromatic rings. The van der Waals surface area contributed by atoms with Crippen LogP contribution >= 0.6 is 0 Å². The van der Waals surface area contributed by atoms with E-state index in [0.29, 0.717) is 31.2 Å². The summed E-state index contributed by atoms with van der Waals surface area (Å²) < 4.78 is 5.25. The van der Waals surface area contributed by atoms with Crippen LogP contribution in [0.25, 0.3) is 0 Å². The highest BCUT2D eigenvalue weighted by molar-refractivity contribution is 5.94. The molecule has 0 unspecified atom stereocenters. The summed E-state index contributed by atoms with van der Waals surface area (Å²) in [5.74, 6) is 1.31. The van der Waals surface area contributed by atoms with Gasteiger partial charge in [-0.05, 0) is 47.4 Å². The van der Waals surface area contributed by atoms with Crippen molar-refractivity contribution in [2.75, 3.05) is 7.05 Å². The van der Waals surface area contributed by atoms with E-state index in [0.717, 1.165) is 17.7 Å². The molecule has 1 heterocycles. The molecule has 0 aliphatic carbocycles. The second-order valence-corrected chi connectivity index (χ2v) is 6.86. The fourth-order valence-corrected chi connectivity index (χ4v) is 3.17. The van der Waals surface area contributed by atoms with E-state index in [9.17, 15) is 4.79 Å².